The van der Waals surface area contributed by atoms with Crippen LogP contribution in [0.1, 0.15) is 69.2 Å². The van der Waals surface area contributed by atoms with Gasteiger partial charge in [-0.15, -0.1) is 0 Å². The minimum atomic E-state index is 0.243. The number of nitrogens with zero attached hydrogens (tertiary/aromatic N) is 2. The van der Waals surface area contributed by atoms with E-state index in [9.17, 15) is 4.79 Å². The Balaban J connectivity index is 1.89. The minimum Gasteiger partial charge on any atom is -0.294 e. The van der Waals surface area contributed by atoms with Gasteiger partial charge in [0, 0.05) is 18.7 Å². The second-order valence-electron chi connectivity index (χ2n) is 5.86. The molecule has 0 atom stereocenters. The maximum atomic E-state index is 12.4. The maximum Gasteiger partial charge on any atom is 0.169 e. The van der Waals surface area contributed by atoms with Crippen LogP contribution in [0.5, 0.6) is 0 Å². The summed E-state index contributed by atoms with van der Waals surface area (Å²) >= 11 is 0. The molecule has 1 aromatic heterocycles. The number of ketones is 1. The summed E-state index contributed by atoms with van der Waals surface area (Å²) in [5, 5.41) is 4.26. The van der Waals surface area contributed by atoms with E-state index in [0.717, 1.165) is 37.3 Å². The van der Waals surface area contributed by atoms with E-state index in [-0.39, 0.29) is 5.92 Å². The highest BCUT2D eigenvalue weighted by Crippen LogP contribution is 2.33. The zero-order chi connectivity index (χ0) is 13.7. The Morgan fingerprint density at radius 1 is 1.26 bits per heavy atom. The van der Waals surface area contributed by atoms with Crippen molar-refractivity contribution in [2.24, 2.45) is 11.8 Å². The van der Waals surface area contributed by atoms with E-state index < -0.39 is 0 Å². The van der Waals surface area contributed by atoms with Crippen molar-refractivity contribution in [1.29, 1.82) is 0 Å². The average molecular weight is 262 g/mol. The van der Waals surface area contributed by atoms with Crippen molar-refractivity contribution >= 4 is 5.78 Å². The van der Waals surface area contributed by atoms with E-state index in [1.54, 1.807) is 6.20 Å². The zero-order valence-electron chi connectivity index (χ0n) is 12.3. The van der Waals surface area contributed by atoms with E-state index in [0.29, 0.717) is 5.78 Å². The van der Waals surface area contributed by atoms with E-state index in [4.69, 9.17) is 0 Å². The van der Waals surface area contributed by atoms with Crippen molar-refractivity contribution in [1.82, 2.24) is 9.78 Å². The molecule has 3 nitrogen and oxygen atoms in total. The van der Waals surface area contributed by atoms with Gasteiger partial charge in [-0.05, 0) is 38.0 Å². The number of aromatic nitrogens is 2. The third-order valence-electron chi connectivity index (χ3n) is 4.28. The molecule has 0 aliphatic heterocycles. The van der Waals surface area contributed by atoms with Crippen LogP contribution in [0, 0.1) is 11.8 Å². The Kier molecular flexibility index (Phi) is 5.17. The first-order chi connectivity index (χ1) is 9.24. The van der Waals surface area contributed by atoms with Crippen molar-refractivity contribution in [2.75, 3.05) is 0 Å². The van der Waals surface area contributed by atoms with Crippen molar-refractivity contribution < 1.29 is 4.79 Å². The van der Waals surface area contributed by atoms with Crippen LogP contribution in [-0.4, -0.2) is 15.6 Å². The lowest BCUT2D eigenvalue weighted by Crippen LogP contribution is -2.21. The summed E-state index contributed by atoms with van der Waals surface area (Å²) in [6.45, 7) is 5.27. The van der Waals surface area contributed by atoms with Crippen molar-refractivity contribution in [2.45, 2.75) is 65.3 Å². The molecule has 1 heterocycles. The van der Waals surface area contributed by atoms with Crippen LogP contribution in [0.25, 0.3) is 0 Å². The Bertz CT molecular complexity index is 403. The average Bonchev–Trinajstić information content (AvgIpc) is 2.88. The predicted molar refractivity (Wildman–Crippen MR) is 77.2 cm³/mol. The molecule has 1 aliphatic carbocycles. The fraction of sp³-hybridized carbons (Fsp3) is 0.750. The number of hydrogen-bond donors (Lipinski definition) is 0. The van der Waals surface area contributed by atoms with Gasteiger partial charge >= 0.3 is 0 Å². The van der Waals surface area contributed by atoms with Crippen molar-refractivity contribution in [3.05, 3.63) is 18.0 Å². The van der Waals surface area contributed by atoms with Crippen LogP contribution in [-0.2, 0) is 6.54 Å². The van der Waals surface area contributed by atoms with Gasteiger partial charge in [-0.25, -0.2) is 0 Å². The van der Waals surface area contributed by atoms with Gasteiger partial charge in [0.15, 0.2) is 5.78 Å². The zero-order valence-corrected chi connectivity index (χ0v) is 12.3. The van der Waals surface area contributed by atoms with Crippen LogP contribution in [0.3, 0.4) is 0 Å². The molecule has 1 fully saturated rings. The van der Waals surface area contributed by atoms with E-state index in [1.165, 1.54) is 25.7 Å². The van der Waals surface area contributed by atoms with Crippen LogP contribution >= 0.6 is 0 Å². The molecule has 19 heavy (non-hydrogen) atoms. The first-order valence-corrected chi connectivity index (χ1v) is 7.81. The molecule has 0 radical (unpaired) electrons. The fourth-order valence-electron chi connectivity index (χ4n) is 3.20. The molecule has 0 aromatic carbocycles. The Labute approximate surface area is 116 Å². The molecule has 0 unspecified atom stereocenters. The molecular weight excluding hydrogens is 236 g/mol. The standard InChI is InChI=1S/C16H26N2O/c1-3-5-13-6-8-14(9-7-13)16(19)15-11-17-18(12-15)10-4-2/h11-14H,3-10H2,1-2H3. The number of aryl methyl sites for hydroxylation is 1. The van der Waals surface area contributed by atoms with E-state index in [1.807, 2.05) is 10.9 Å². The first-order valence-electron chi connectivity index (χ1n) is 7.81. The summed E-state index contributed by atoms with van der Waals surface area (Å²) in [6.07, 6.45) is 11.9. The molecule has 0 bridgehead atoms. The summed E-state index contributed by atoms with van der Waals surface area (Å²) in [5.74, 6) is 1.42. The molecule has 0 amide bonds. The van der Waals surface area contributed by atoms with Gasteiger partial charge in [0.05, 0.1) is 11.8 Å². The molecule has 0 spiro atoms. The second kappa shape index (κ2) is 6.88. The van der Waals surface area contributed by atoms with E-state index in [2.05, 4.69) is 18.9 Å². The smallest absolute Gasteiger partial charge is 0.169 e. The number of hydrogen-bond acceptors (Lipinski definition) is 2. The van der Waals surface area contributed by atoms with Gasteiger partial charge in [-0.3, -0.25) is 9.48 Å². The van der Waals surface area contributed by atoms with Gasteiger partial charge in [0.25, 0.3) is 0 Å². The van der Waals surface area contributed by atoms with Crippen LogP contribution in [0.15, 0.2) is 12.4 Å². The fourth-order valence-corrected chi connectivity index (χ4v) is 3.20. The quantitative estimate of drug-likeness (QED) is 0.724. The normalized spacial score (nSPS) is 23.5. The lowest BCUT2D eigenvalue weighted by Gasteiger charge is -2.27. The van der Waals surface area contributed by atoms with Crippen molar-refractivity contribution in [3.63, 3.8) is 0 Å². The van der Waals surface area contributed by atoms with Gasteiger partial charge in [0.1, 0.15) is 0 Å². The number of rotatable bonds is 6. The molecule has 0 N–H and O–H groups in total. The molecule has 2 rings (SSSR count). The number of carbonyl (C=O) groups is 1. The molecule has 3 heteroatoms. The Morgan fingerprint density at radius 3 is 2.63 bits per heavy atom. The largest absolute Gasteiger partial charge is 0.294 e. The Morgan fingerprint density at radius 2 is 2.00 bits per heavy atom. The topological polar surface area (TPSA) is 34.9 Å². The van der Waals surface area contributed by atoms with Gasteiger partial charge in [0.2, 0.25) is 0 Å². The summed E-state index contributed by atoms with van der Waals surface area (Å²) in [7, 11) is 0. The number of Topliss-reactive ketones (excluding diaryl/α,β-unsaturated/α-hetero) is 1. The first kappa shape index (κ1) is 14.3. The summed E-state index contributed by atoms with van der Waals surface area (Å²) in [6, 6.07) is 0. The monoisotopic (exact) mass is 262 g/mol. The lowest BCUT2D eigenvalue weighted by atomic mass is 9.77. The summed E-state index contributed by atoms with van der Waals surface area (Å²) < 4.78 is 1.88. The van der Waals surface area contributed by atoms with Gasteiger partial charge < -0.3 is 0 Å². The Hall–Kier alpha value is -1.12. The molecule has 0 saturated heterocycles. The number of carbonyl (C=O) groups excluding carboxylic acids is 1. The summed E-state index contributed by atoms with van der Waals surface area (Å²) in [4.78, 5) is 12.4. The molecular formula is C16H26N2O. The lowest BCUT2D eigenvalue weighted by molar-refractivity contribution is 0.0869. The highest BCUT2D eigenvalue weighted by molar-refractivity contribution is 5.97. The van der Waals surface area contributed by atoms with Gasteiger partial charge in [-0.1, -0.05) is 26.7 Å². The SMILES string of the molecule is CCCC1CCC(C(=O)c2cnn(CCC)c2)CC1. The van der Waals surface area contributed by atoms with E-state index >= 15 is 0 Å². The van der Waals surface area contributed by atoms with Gasteiger partial charge in [-0.2, -0.15) is 5.10 Å². The minimum absolute atomic E-state index is 0.243. The maximum absolute atomic E-state index is 12.4. The summed E-state index contributed by atoms with van der Waals surface area (Å²) in [5.41, 5.74) is 0.812. The van der Waals surface area contributed by atoms with Crippen molar-refractivity contribution in [3.8, 4) is 0 Å². The van der Waals surface area contributed by atoms with Crippen LogP contribution in [0.2, 0.25) is 0 Å². The second-order valence-corrected chi connectivity index (χ2v) is 5.86. The predicted octanol–water partition coefficient (Wildman–Crippen LogP) is 4.08. The third kappa shape index (κ3) is 3.68. The highest BCUT2D eigenvalue weighted by Gasteiger charge is 2.27. The molecule has 1 aromatic rings. The molecule has 1 saturated carbocycles. The molecule has 1 aliphatic rings. The van der Waals surface area contributed by atoms with Crippen LogP contribution in [0.4, 0.5) is 0 Å². The van der Waals surface area contributed by atoms with Crippen LogP contribution < -0.4 is 0 Å². The molecule has 106 valence electrons. The third-order valence-corrected chi connectivity index (χ3v) is 4.28. The highest BCUT2D eigenvalue weighted by atomic mass is 16.1.